The highest BCUT2D eigenvalue weighted by molar-refractivity contribution is 5.96. The van der Waals surface area contributed by atoms with Gasteiger partial charge in [-0.25, -0.2) is 4.98 Å². The van der Waals surface area contributed by atoms with Crippen LogP contribution in [-0.2, 0) is 15.8 Å². The first kappa shape index (κ1) is 23.1. The van der Waals surface area contributed by atoms with Gasteiger partial charge in [0.1, 0.15) is 11.5 Å². The van der Waals surface area contributed by atoms with Crippen LogP contribution < -0.4 is 20.1 Å². The van der Waals surface area contributed by atoms with Crippen molar-refractivity contribution in [1.29, 1.82) is 0 Å². The van der Waals surface area contributed by atoms with Gasteiger partial charge in [-0.05, 0) is 61.4 Å². The van der Waals surface area contributed by atoms with E-state index >= 15 is 0 Å². The van der Waals surface area contributed by atoms with Crippen LogP contribution in [0.25, 0.3) is 0 Å². The van der Waals surface area contributed by atoms with Crippen LogP contribution in [0.2, 0.25) is 0 Å². The number of aromatic nitrogens is 1. The number of anilines is 2. The predicted molar refractivity (Wildman–Crippen MR) is 118 cm³/mol. The zero-order chi connectivity index (χ0) is 24.1. The van der Waals surface area contributed by atoms with E-state index in [2.05, 4.69) is 15.6 Å². The Bertz CT molecular complexity index is 1160. The molecule has 7 nitrogen and oxygen atoms in total. The first-order chi connectivity index (χ1) is 16.3. The number of nitrogens with zero attached hydrogens (tertiary/aromatic N) is 1. The highest BCUT2D eigenvalue weighted by Crippen LogP contribution is 2.37. The van der Waals surface area contributed by atoms with E-state index in [1.807, 2.05) is 0 Å². The van der Waals surface area contributed by atoms with Gasteiger partial charge in [0.15, 0.2) is 6.61 Å². The van der Waals surface area contributed by atoms with E-state index in [-0.39, 0.29) is 17.5 Å². The van der Waals surface area contributed by atoms with Gasteiger partial charge in [-0.3, -0.25) is 9.59 Å². The van der Waals surface area contributed by atoms with Crippen LogP contribution in [0, 0.1) is 5.92 Å². The first-order valence-electron chi connectivity index (χ1n) is 10.4. The number of halogens is 3. The minimum Gasteiger partial charge on any atom is -0.484 e. The summed E-state index contributed by atoms with van der Waals surface area (Å²) in [5.41, 5.74) is -1.47. The standard InChI is InChI=1S/C24H20F3N3O4/c25-24(26,27)19-13-16(29-23(32)15-4-5-15)6-11-20(19)30-21(31)14-33-17-7-9-18(10-8-17)34-22-3-1-2-12-28-22/h1-3,6-13,15H,4-5,14H2,(H,29,32)(H,30,31). The maximum Gasteiger partial charge on any atom is 0.418 e. The number of pyridine rings is 1. The summed E-state index contributed by atoms with van der Waals surface area (Å²) in [5, 5.41) is 4.69. The van der Waals surface area contributed by atoms with Crippen molar-refractivity contribution in [1.82, 2.24) is 4.98 Å². The van der Waals surface area contributed by atoms with E-state index < -0.39 is 29.9 Å². The van der Waals surface area contributed by atoms with Crippen LogP contribution in [0.1, 0.15) is 18.4 Å². The fourth-order valence-electron chi connectivity index (χ4n) is 3.02. The molecule has 1 saturated carbocycles. The Morgan fingerprint density at radius 1 is 0.971 bits per heavy atom. The van der Waals surface area contributed by atoms with Gasteiger partial charge < -0.3 is 20.1 Å². The maximum atomic E-state index is 13.5. The summed E-state index contributed by atoms with van der Waals surface area (Å²) in [4.78, 5) is 28.1. The van der Waals surface area contributed by atoms with E-state index in [0.717, 1.165) is 25.0 Å². The lowest BCUT2D eigenvalue weighted by Gasteiger charge is -2.16. The number of hydrogen-bond donors (Lipinski definition) is 2. The lowest BCUT2D eigenvalue weighted by molar-refractivity contribution is -0.137. The maximum absolute atomic E-state index is 13.5. The van der Waals surface area contributed by atoms with Crippen molar-refractivity contribution in [2.45, 2.75) is 19.0 Å². The van der Waals surface area contributed by atoms with E-state index in [0.29, 0.717) is 17.4 Å². The smallest absolute Gasteiger partial charge is 0.418 e. The fraction of sp³-hybridized carbons (Fsp3) is 0.208. The van der Waals surface area contributed by atoms with Crippen LogP contribution >= 0.6 is 0 Å². The van der Waals surface area contributed by atoms with Crippen molar-refractivity contribution in [3.63, 3.8) is 0 Å². The van der Waals surface area contributed by atoms with Crippen molar-refractivity contribution in [3.8, 4) is 17.4 Å². The van der Waals surface area contributed by atoms with Crippen molar-refractivity contribution < 1.29 is 32.2 Å². The zero-order valence-corrected chi connectivity index (χ0v) is 17.8. The number of benzene rings is 2. The molecule has 0 unspecified atom stereocenters. The molecule has 0 saturated heterocycles. The van der Waals surface area contributed by atoms with E-state index in [1.165, 1.54) is 6.07 Å². The Morgan fingerprint density at radius 3 is 2.35 bits per heavy atom. The number of alkyl halides is 3. The Labute approximate surface area is 192 Å². The van der Waals surface area contributed by atoms with Crippen LogP contribution in [0.15, 0.2) is 66.9 Å². The number of carbonyl (C=O) groups is 2. The van der Waals surface area contributed by atoms with Crippen molar-refractivity contribution in [2.24, 2.45) is 5.92 Å². The Kier molecular flexibility index (Phi) is 6.67. The highest BCUT2D eigenvalue weighted by Gasteiger charge is 2.35. The molecule has 2 N–H and O–H groups in total. The third-order valence-corrected chi connectivity index (χ3v) is 4.87. The Balaban J connectivity index is 1.35. The molecular weight excluding hydrogens is 451 g/mol. The largest absolute Gasteiger partial charge is 0.484 e. The van der Waals surface area contributed by atoms with E-state index in [4.69, 9.17) is 9.47 Å². The topological polar surface area (TPSA) is 89.6 Å². The molecule has 1 aliphatic carbocycles. The molecule has 0 spiro atoms. The molecule has 1 aromatic heterocycles. The molecule has 3 aromatic rings. The molecule has 0 bridgehead atoms. The minimum absolute atomic E-state index is 0.0199. The van der Waals surface area contributed by atoms with E-state index in [1.54, 1.807) is 48.7 Å². The second kappa shape index (κ2) is 9.82. The second-order valence-corrected chi connectivity index (χ2v) is 7.60. The number of carbonyl (C=O) groups excluding carboxylic acids is 2. The number of ether oxygens (including phenoxy) is 2. The molecule has 2 aromatic carbocycles. The molecule has 1 aliphatic rings. The second-order valence-electron chi connectivity index (χ2n) is 7.60. The summed E-state index contributed by atoms with van der Waals surface area (Å²) in [5.74, 6) is 0.0105. The molecule has 0 aliphatic heterocycles. The van der Waals surface area contributed by atoms with Crippen molar-refractivity contribution in [3.05, 3.63) is 72.4 Å². The third kappa shape index (κ3) is 6.25. The minimum atomic E-state index is -4.73. The summed E-state index contributed by atoms with van der Waals surface area (Å²) < 4.78 is 51.5. The molecule has 176 valence electrons. The highest BCUT2D eigenvalue weighted by atomic mass is 19.4. The average Bonchev–Trinajstić information content (AvgIpc) is 3.65. The summed E-state index contributed by atoms with van der Waals surface area (Å²) >= 11 is 0. The van der Waals surface area contributed by atoms with Gasteiger partial charge in [0.2, 0.25) is 11.8 Å². The molecule has 1 heterocycles. The van der Waals surface area contributed by atoms with Gasteiger partial charge in [0, 0.05) is 23.9 Å². The molecule has 1 fully saturated rings. The lowest BCUT2D eigenvalue weighted by atomic mass is 10.1. The molecule has 0 atom stereocenters. The number of hydrogen-bond acceptors (Lipinski definition) is 5. The van der Waals surface area contributed by atoms with Crippen LogP contribution in [0.3, 0.4) is 0 Å². The quantitative estimate of drug-likeness (QED) is 0.468. The summed E-state index contributed by atoms with van der Waals surface area (Å²) in [6, 6.07) is 14.8. The van der Waals surface area contributed by atoms with Crippen LogP contribution in [0.5, 0.6) is 17.4 Å². The average molecular weight is 471 g/mol. The van der Waals surface area contributed by atoms with Crippen molar-refractivity contribution in [2.75, 3.05) is 17.2 Å². The molecule has 0 radical (unpaired) electrons. The lowest BCUT2D eigenvalue weighted by Crippen LogP contribution is -2.22. The summed E-state index contributed by atoms with van der Waals surface area (Å²) in [6.45, 7) is -0.502. The van der Waals surface area contributed by atoms with Gasteiger partial charge in [-0.2, -0.15) is 13.2 Å². The molecule has 2 amide bonds. The van der Waals surface area contributed by atoms with E-state index in [9.17, 15) is 22.8 Å². The van der Waals surface area contributed by atoms with Crippen LogP contribution in [-0.4, -0.2) is 23.4 Å². The third-order valence-electron chi connectivity index (χ3n) is 4.87. The Morgan fingerprint density at radius 2 is 1.71 bits per heavy atom. The zero-order valence-electron chi connectivity index (χ0n) is 17.8. The summed E-state index contributed by atoms with van der Waals surface area (Å²) in [7, 11) is 0. The van der Waals surface area contributed by atoms with Crippen LogP contribution in [0.4, 0.5) is 24.5 Å². The SMILES string of the molecule is O=C(COc1ccc(Oc2ccccn2)cc1)Nc1ccc(NC(=O)C2CC2)cc1C(F)(F)F. The molecule has 34 heavy (non-hydrogen) atoms. The molecule has 4 rings (SSSR count). The normalized spacial score (nSPS) is 13.1. The van der Waals surface area contributed by atoms with Gasteiger partial charge in [-0.15, -0.1) is 0 Å². The van der Waals surface area contributed by atoms with Gasteiger partial charge in [0.05, 0.1) is 11.3 Å². The summed E-state index contributed by atoms with van der Waals surface area (Å²) in [6.07, 6.45) is -1.68. The van der Waals surface area contributed by atoms with Gasteiger partial charge in [0.25, 0.3) is 5.91 Å². The fourth-order valence-corrected chi connectivity index (χ4v) is 3.02. The first-order valence-corrected chi connectivity index (χ1v) is 10.4. The molecular formula is C24H20F3N3O4. The number of amides is 2. The monoisotopic (exact) mass is 471 g/mol. The Hall–Kier alpha value is -4.08. The van der Waals surface area contributed by atoms with Crippen molar-refractivity contribution >= 4 is 23.2 Å². The van der Waals surface area contributed by atoms with Gasteiger partial charge in [-0.1, -0.05) is 6.07 Å². The number of rotatable bonds is 8. The van der Waals surface area contributed by atoms with Gasteiger partial charge >= 0.3 is 6.18 Å². The predicted octanol–water partition coefficient (Wildman–Crippen LogP) is 5.26. The molecule has 10 heteroatoms. The number of nitrogens with one attached hydrogen (secondary N) is 2.